The minimum atomic E-state index is -0.104. The Hall–Kier alpha value is -2.13. The molecule has 9 heteroatoms. The van der Waals surface area contributed by atoms with Crippen molar-refractivity contribution in [2.45, 2.75) is 77.0 Å². The Morgan fingerprint density at radius 2 is 1.89 bits per heavy atom. The predicted octanol–water partition coefficient (Wildman–Crippen LogP) is 4.40. The number of aromatic nitrogens is 2. The van der Waals surface area contributed by atoms with Crippen LogP contribution in [0.25, 0.3) is 11.1 Å². The van der Waals surface area contributed by atoms with Gasteiger partial charge in [-0.3, -0.25) is 9.58 Å². The molecule has 1 saturated carbocycles. The summed E-state index contributed by atoms with van der Waals surface area (Å²) in [6, 6.07) is 3.30. The minimum Gasteiger partial charge on any atom is -0.398 e. The van der Waals surface area contributed by atoms with E-state index in [-0.39, 0.29) is 5.54 Å². The van der Waals surface area contributed by atoms with Crippen molar-refractivity contribution in [1.29, 1.82) is 5.41 Å². The van der Waals surface area contributed by atoms with E-state index in [1.54, 1.807) is 0 Å². The van der Waals surface area contributed by atoms with Gasteiger partial charge in [-0.1, -0.05) is 11.6 Å². The third kappa shape index (κ3) is 3.98. The van der Waals surface area contributed by atoms with Crippen molar-refractivity contribution in [3.8, 4) is 11.1 Å². The number of ether oxygens (including phenoxy) is 1. The second-order valence-electron chi connectivity index (χ2n) is 12.9. The standard InChI is InChI=1S/C29H42ClN7O/c1-17-8-23(32)22(12-31)25(26(17)30)24-18(2)37(20-10-29(11-20)15-33-16-29)34-27(24)36-7-6-19(9-28(36,3)4)35(5)21-13-38-14-21/h8,12,19-21,31,33H,6-7,9-11,13-16,32H2,1-5H3. The van der Waals surface area contributed by atoms with Crippen LogP contribution in [0, 0.1) is 24.7 Å². The van der Waals surface area contributed by atoms with Crippen LogP contribution in [0.15, 0.2) is 6.07 Å². The summed E-state index contributed by atoms with van der Waals surface area (Å²) in [5.74, 6) is 0.975. The summed E-state index contributed by atoms with van der Waals surface area (Å²) in [7, 11) is 2.25. The van der Waals surface area contributed by atoms with Gasteiger partial charge in [0.1, 0.15) is 0 Å². The lowest BCUT2D eigenvalue weighted by atomic mass is 9.61. The number of benzene rings is 1. The second-order valence-corrected chi connectivity index (χ2v) is 13.3. The number of hydrogen-bond acceptors (Lipinski definition) is 7. The van der Waals surface area contributed by atoms with E-state index in [0.29, 0.717) is 39.8 Å². The number of nitrogens with one attached hydrogen (secondary N) is 2. The summed E-state index contributed by atoms with van der Waals surface area (Å²) < 4.78 is 7.74. The molecule has 1 spiro atoms. The van der Waals surface area contributed by atoms with E-state index in [4.69, 9.17) is 32.6 Å². The molecule has 4 heterocycles. The fourth-order valence-electron chi connectivity index (χ4n) is 7.32. The van der Waals surface area contributed by atoms with Gasteiger partial charge in [0.25, 0.3) is 0 Å². The normalized spacial score (nSPS) is 24.8. The van der Waals surface area contributed by atoms with Gasteiger partial charge in [-0.2, -0.15) is 5.10 Å². The number of aryl methyl sites for hydroxylation is 1. The fourth-order valence-corrected chi connectivity index (χ4v) is 7.57. The van der Waals surface area contributed by atoms with E-state index in [2.05, 4.69) is 47.6 Å². The average Bonchev–Trinajstić information content (AvgIpc) is 3.08. The molecule has 206 valence electrons. The molecule has 0 bridgehead atoms. The summed E-state index contributed by atoms with van der Waals surface area (Å²) in [6.07, 6.45) is 5.78. The van der Waals surface area contributed by atoms with Gasteiger partial charge in [-0.15, -0.1) is 0 Å². The first-order valence-corrected chi connectivity index (χ1v) is 14.4. The molecule has 1 aromatic carbocycles. The van der Waals surface area contributed by atoms with Crippen LogP contribution in [0.5, 0.6) is 0 Å². The number of piperidine rings is 1. The molecule has 4 aliphatic rings. The SMILES string of the molecule is Cc1cc(N)c(C=N)c(-c2c(N3CCC(N(C)C4COC4)CC3(C)C)nn(C3CC4(CNC4)C3)c2C)c1Cl. The smallest absolute Gasteiger partial charge is 0.159 e. The molecular formula is C29H42ClN7O. The third-order valence-electron chi connectivity index (χ3n) is 9.91. The Morgan fingerprint density at radius 1 is 1.18 bits per heavy atom. The highest BCUT2D eigenvalue weighted by Gasteiger charge is 2.50. The van der Waals surface area contributed by atoms with Crippen LogP contribution in [0.3, 0.4) is 0 Å². The van der Waals surface area contributed by atoms with Crippen LogP contribution in [0.1, 0.15) is 62.4 Å². The van der Waals surface area contributed by atoms with Crippen LogP contribution in [-0.2, 0) is 4.74 Å². The topological polar surface area (TPSA) is 95.4 Å². The highest BCUT2D eigenvalue weighted by Crippen LogP contribution is 2.53. The second kappa shape index (κ2) is 9.22. The molecule has 0 radical (unpaired) electrons. The summed E-state index contributed by atoms with van der Waals surface area (Å²) in [5.41, 5.74) is 12.0. The number of nitrogens with two attached hydrogens (primary N) is 1. The van der Waals surface area contributed by atoms with Gasteiger partial charge in [0.2, 0.25) is 0 Å². The van der Waals surface area contributed by atoms with Crippen LogP contribution in [0.4, 0.5) is 11.5 Å². The molecule has 3 aliphatic heterocycles. The van der Waals surface area contributed by atoms with Crippen molar-refractivity contribution < 1.29 is 4.74 Å². The van der Waals surface area contributed by atoms with Gasteiger partial charge in [-0.25, -0.2) is 0 Å². The molecule has 8 nitrogen and oxygen atoms in total. The van der Waals surface area contributed by atoms with E-state index < -0.39 is 0 Å². The Labute approximate surface area is 231 Å². The minimum absolute atomic E-state index is 0.104. The first kappa shape index (κ1) is 26.1. The summed E-state index contributed by atoms with van der Waals surface area (Å²) >= 11 is 7.03. The predicted molar refractivity (Wildman–Crippen MR) is 155 cm³/mol. The molecule has 4 fully saturated rings. The monoisotopic (exact) mass is 539 g/mol. The summed E-state index contributed by atoms with van der Waals surface area (Å²) in [6.45, 7) is 13.6. The van der Waals surface area contributed by atoms with Gasteiger partial charge in [-0.05, 0) is 77.5 Å². The zero-order chi connectivity index (χ0) is 27.0. The Bertz CT molecular complexity index is 1250. The molecule has 3 saturated heterocycles. The van der Waals surface area contributed by atoms with E-state index >= 15 is 0 Å². The lowest BCUT2D eigenvalue weighted by Crippen LogP contribution is -2.60. The highest BCUT2D eigenvalue weighted by atomic mass is 35.5. The Kier molecular flexibility index (Phi) is 6.34. The first-order valence-electron chi connectivity index (χ1n) is 14.0. The van der Waals surface area contributed by atoms with Crippen molar-refractivity contribution >= 4 is 29.3 Å². The zero-order valence-electron chi connectivity index (χ0n) is 23.4. The number of hydrogen-bond donors (Lipinski definition) is 3. The molecular weight excluding hydrogens is 498 g/mol. The fraction of sp³-hybridized carbons (Fsp3) is 0.655. The van der Waals surface area contributed by atoms with Crippen molar-refractivity contribution in [3.05, 3.63) is 27.9 Å². The van der Waals surface area contributed by atoms with Crippen LogP contribution < -0.4 is 16.0 Å². The lowest BCUT2D eigenvalue weighted by Gasteiger charge is -2.54. The molecule has 1 aliphatic carbocycles. The molecule has 38 heavy (non-hydrogen) atoms. The maximum absolute atomic E-state index is 8.24. The van der Waals surface area contributed by atoms with Crippen molar-refractivity contribution in [2.24, 2.45) is 5.41 Å². The van der Waals surface area contributed by atoms with Gasteiger partial charge in [0.15, 0.2) is 5.82 Å². The Morgan fingerprint density at radius 3 is 2.45 bits per heavy atom. The van der Waals surface area contributed by atoms with Crippen molar-refractivity contribution in [1.82, 2.24) is 20.0 Å². The average molecular weight is 540 g/mol. The molecule has 1 atom stereocenters. The third-order valence-corrected chi connectivity index (χ3v) is 10.4. The number of nitrogen functional groups attached to an aromatic ring is 1. The van der Waals surface area contributed by atoms with E-state index in [1.807, 2.05) is 13.0 Å². The van der Waals surface area contributed by atoms with E-state index in [1.165, 1.54) is 6.21 Å². The molecule has 0 amide bonds. The Balaban J connectivity index is 1.43. The largest absolute Gasteiger partial charge is 0.398 e. The van der Waals surface area contributed by atoms with Gasteiger partial charge in [0.05, 0.1) is 30.3 Å². The molecule has 4 N–H and O–H groups in total. The quantitative estimate of drug-likeness (QED) is 0.372. The highest BCUT2D eigenvalue weighted by molar-refractivity contribution is 6.35. The van der Waals surface area contributed by atoms with Gasteiger partial charge in [0, 0.05) is 65.5 Å². The molecule has 1 unspecified atom stereocenters. The molecule has 6 rings (SSSR count). The maximum atomic E-state index is 8.24. The van der Waals surface area contributed by atoms with Crippen molar-refractivity contribution in [3.63, 3.8) is 0 Å². The van der Waals surface area contributed by atoms with Gasteiger partial charge >= 0.3 is 0 Å². The zero-order valence-corrected chi connectivity index (χ0v) is 24.2. The summed E-state index contributed by atoms with van der Waals surface area (Å²) in [5, 5.41) is 17.7. The number of rotatable bonds is 6. The van der Waals surface area contributed by atoms with E-state index in [0.717, 1.165) is 86.7 Å². The molecule has 2 aromatic rings. The maximum Gasteiger partial charge on any atom is 0.159 e. The number of anilines is 2. The number of likely N-dealkylation sites (N-methyl/N-ethyl adjacent to an activating group) is 1. The van der Waals surface area contributed by atoms with Crippen molar-refractivity contribution in [2.75, 3.05) is 50.5 Å². The first-order chi connectivity index (χ1) is 18.0. The number of halogens is 1. The van der Waals surface area contributed by atoms with Crippen LogP contribution in [0.2, 0.25) is 5.02 Å². The summed E-state index contributed by atoms with van der Waals surface area (Å²) in [4.78, 5) is 5.02. The lowest BCUT2D eigenvalue weighted by molar-refractivity contribution is -0.0750. The number of nitrogens with zero attached hydrogens (tertiary/aromatic N) is 4. The van der Waals surface area contributed by atoms with Gasteiger partial charge < -0.3 is 26.1 Å². The van der Waals surface area contributed by atoms with Crippen LogP contribution in [-0.4, -0.2) is 78.4 Å². The van der Waals surface area contributed by atoms with E-state index in [9.17, 15) is 0 Å². The molecule has 1 aromatic heterocycles. The van der Waals surface area contributed by atoms with Crippen LogP contribution >= 0.6 is 11.6 Å².